The van der Waals surface area contributed by atoms with E-state index >= 15 is 0 Å². The van der Waals surface area contributed by atoms with Gasteiger partial charge < -0.3 is 14.9 Å². The molecule has 0 radical (unpaired) electrons. The zero-order valence-corrected chi connectivity index (χ0v) is 12.0. The van der Waals surface area contributed by atoms with Gasteiger partial charge in [-0.15, -0.1) is 11.3 Å². The number of carbonyl (C=O) groups is 1. The van der Waals surface area contributed by atoms with Gasteiger partial charge in [-0.25, -0.2) is 0 Å². The summed E-state index contributed by atoms with van der Waals surface area (Å²) in [7, 11) is 0. The van der Waals surface area contributed by atoms with E-state index in [0.717, 1.165) is 15.0 Å². The van der Waals surface area contributed by atoms with Crippen LogP contribution in [0.5, 0.6) is 0 Å². The van der Waals surface area contributed by atoms with Crippen molar-refractivity contribution >= 4 is 27.3 Å². The first-order valence-corrected chi connectivity index (χ1v) is 7.36. The lowest BCUT2D eigenvalue weighted by Crippen LogP contribution is -2.29. The predicted molar refractivity (Wildman–Crippen MR) is 80.0 cm³/mol. The van der Waals surface area contributed by atoms with Crippen molar-refractivity contribution in [3.05, 3.63) is 53.2 Å². The number of aromatic nitrogens is 1. The number of hydrogen-bond acceptors (Lipinski definition) is 5. The summed E-state index contributed by atoms with van der Waals surface area (Å²) in [5, 5.41) is 17.6. The molecular weight excluding hydrogens is 288 g/mol. The molecule has 2 aromatic heterocycles. The smallest absolute Gasteiger partial charge is 0.226 e. The molecule has 21 heavy (non-hydrogen) atoms. The summed E-state index contributed by atoms with van der Waals surface area (Å²) in [6.07, 6.45) is 0.869. The summed E-state index contributed by atoms with van der Waals surface area (Å²) in [6.45, 7) is 0.184. The Morgan fingerprint density at radius 3 is 3.00 bits per heavy atom. The third kappa shape index (κ3) is 3.29. The number of nitrogens with zero attached hydrogens (tertiary/aromatic N) is 1. The van der Waals surface area contributed by atoms with Gasteiger partial charge in [0.2, 0.25) is 5.91 Å². The molecule has 108 valence electrons. The number of carbonyl (C=O) groups excluding carboxylic acids is 1. The molecule has 3 rings (SSSR count). The fraction of sp³-hybridized carbons (Fsp3) is 0.200. The molecule has 0 fully saturated rings. The third-order valence-corrected chi connectivity index (χ3v) is 4.32. The zero-order chi connectivity index (χ0) is 14.7. The molecule has 1 atom stereocenters. The summed E-state index contributed by atoms with van der Waals surface area (Å²) in [6, 6.07) is 11.5. The highest BCUT2D eigenvalue weighted by atomic mass is 32.1. The Morgan fingerprint density at radius 1 is 1.38 bits per heavy atom. The van der Waals surface area contributed by atoms with E-state index in [-0.39, 0.29) is 18.9 Å². The van der Waals surface area contributed by atoms with Gasteiger partial charge in [0.25, 0.3) is 0 Å². The highest BCUT2D eigenvalue weighted by Gasteiger charge is 2.13. The Labute approximate surface area is 125 Å². The van der Waals surface area contributed by atoms with Crippen molar-refractivity contribution in [2.75, 3.05) is 6.54 Å². The van der Waals surface area contributed by atoms with Crippen LogP contribution in [0.25, 0.3) is 10.1 Å². The van der Waals surface area contributed by atoms with Crippen LogP contribution < -0.4 is 5.32 Å². The van der Waals surface area contributed by atoms with Crippen molar-refractivity contribution in [2.45, 2.75) is 12.5 Å². The number of amides is 1. The van der Waals surface area contributed by atoms with E-state index in [9.17, 15) is 9.90 Å². The molecular formula is C15H14N2O3S. The largest absolute Gasteiger partial charge is 0.386 e. The number of aliphatic hydroxyl groups excluding tert-OH is 1. The quantitative estimate of drug-likeness (QED) is 0.758. The first-order chi connectivity index (χ1) is 10.2. The standard InChI is InChI=1S/C15H14N2O3S/c18-12(9-16-15(19)8-11-5-6-20-17-11)14-7-10-3-1-2-4-13(10)21-14/h1-7,12,18H,8-9H2,(H,16,19)/t12-/m0/s1. The van der Waals surface area contributed by atoms with Crippen molar-refractivity contribution in [3.8, 4) is 0 Å². The first kappa shape index (κ1) is 13.8. The van der Waals surface area contributed by atoms with Gasteiger partial charge in [0.05, 0.1) is 12.1 Å². The van der Waals surface area contributed by atoms with E-state index in [1.54, 1.807) is 6.07 Å². The molecule has 1 aromatic carbocycles. The van der Waals surface area contributed by atoms with Crippen LogP contribution in [0.4, 0.5) is 0 Å². The van der Waals surface area contributed by atoms with E-state index in [1.807, 2.05) is 30.3 Å². The van der Waals surface area contributed by atoms with Gasteiger partial charge in [-0.2, -0.15) is 0 Å². The maximum atomic E-state index is 11.7. The topological polar surface area (TPSA) is 75.4 Å². The molecule has 2 heterocycles. The van der Waals surface area contributed by atoms with Crippen LogP contribution in [0.2, 0.25) is 0 Å². The van der Waals surface area contributed by atoms with Gasteiger partial charge in [-0.05, 0) is 17.5 Å². The molecule has 0 saturated carbocycles. The van der Waals surface area contributed by atoms with E-state index in [1.165, 1.54) is 17.6 Å². The maximum absolute atomic E-state index is 11.7. The number of nitrogens with one attached hydrogen (secondary N) is 1. The molecule has 1 amide bonds. The lowest BCUT2D eigenvalue weighted by atomic mass is 10.2. The van der Waals surface area contributed by atoms with E-state index < -0.39 is 6.10 Å². The van der Waals surface area contributed by atoms with Crippen molar-refractivity contribution in [1.82, 2.24) is 10.5 Å². The Hall–Kier alpha value is -2.18. The minimum atomic E-state index is -0.705. The predicted octanol–water partition coefficient (Wildman–Crippen LogP) is 2.28. The summed E-state index contributed by atoms with van der Waals surface area (Å²) < 4.78 is 5.79. The second-order valence-electron chi connectivity index (χ2n) is 4.67. The molecule has 2 N–H and O–H groups in total. The van der Waals surface area contributed by atoms with Crippen molar-refractivity contribution < 1.29 is 14.4 Å². The second-order valence-corrected chi connectivity index (χ2v) is 5.79. The van der Waals surface area contributed by atoms with Crippen LogP contribution >= 0.6 is 11.3 Å². The summed E-state index contributed by atoms with van der Waals surface area (Å²) in [5.74, 6) is -0.191. The molecule has 0 aliphatic carbocycles. The van der Waals surface area contributed by atoms with Crippen molar-refractivity contribution in [2.24, 2.45) is 0 Å². The first-order valence-electron chi connectivity index (χ1n) is 6.55. The van der Waals surface area contributed by atoms with Gasteiger partial charge in [0.1, 0.15) is 12.4 Å². The number of hydrogen-bond donors (Lipinski definition) is 2. The van der Waals surface area contributed by atoms with E-state index in [0.29, 0.717) is 5.69 Å². The number of aliphatic hydroxyl groups is 1. The Morgan fingerprint density at radius 2 is 2.24 bits per heavy atom. The molecule has 0 spiro atoms. The molecule has 0 aliphatic rings. The molecule has 0 saturated heterocycles. The zero-order valence-electron chi connectivity index (χ0n) is 11.2. The monoisotopic (exact) mass is 302 g/mol. The number of rotatable bonds is 5. The minimum Gasteiger partial charge on any atom is -0.386 e. The minimum absolute atomic E-state index is 0.148. The molecule has 5 nitrogen and oxygen atoms in total. The van der Waals surface area contributed by atoms with Gasteiger partial charge in [0.15, 0.2) is 0 Å². The Kier molecular flexibility index (Phi) is 3.98. The van der Waals surface area contributed by atoms with Gasteiger partial charge >= 0.3 is 0 Å². The van der Waals surface area contributed by atoms with Crippen LogP contribution in [-0.4, -0.2) is 22.7 Å². The van der Waals surface area contributed by atoms with Crippen LogP contribution in [0.1, 0.15) is 16.7 Å². The number of thiophene rings is 1. The summed E-state index contributed by atoms with van der Waals surface area (Å²) >= 11 is 1.53. The highest BCUT2D eigenvalue weighted by Crippen LogP contribution is 2.29. The summed E-state index contributed by atoms with van der Waals surface area (Å²) in [5.41, 5.74) is 0.573. The van der Waals surface area contributed by atoms with Crippen LogP contribution in [0, 0.1) is 0 Å². The van der Waals surface area contributed by atoms with Gasteiger partial charge in [-0.3, -0.25) is 4.79 Å². The van der Waals surface area contributed by atoms with Crippen LogP contribution in [-0.2, 0) is 11.2 Å². The Bertz CT molecular complexity index is 703. The number of fused-ring (bicyclic) bond motifs is 1. The van der Waals surface area contributed by atoms with Crippen molar-refractivity contribution in [1.29, 1.82) is 0 Å². The average Bonchev–Trinajstić information content (AvgIpc) is 3.13. The van der Waals surface area contributed by atoms with Crippen LogP contribution in [0.3, 0.4) is 0 Å². The molecule has 6 heteroatoms. The fourth-order valence-corrected chi connectivity index (χ4v) is 3.08. The second kappa shape index (κ2) is 6.07. The molecule has 0 bridgehead atoms. The van der Waals surface area contributed by atoms with Gasteiger partial charge in [0, 0.05) is 22.2 Å². The number of benzene rings is 1. The molecule has 3 aromatic rings. The van der Waals surface area contributed by atoms with E-state index in [2.05, 4.69) is 15.0 Å². The van der Waals surface area contributed by atoms with Crippen LogP contribution in [0.15, 0.2) is 47.2 Å². The van der Waals surface area contributed by atoms with E-state index in [4.69, 9.17) is 0 Å². The van der Waals surface area contributed by atoms with Crippen molar-refractivity contribution in [3.63, 3.8) is 0 Å². The molecule has 0 aliphatic heterocycles. The Balaban J connectivity index is 1.58. The fourth-order valence-electron chi connectivity index (χ4n) is 2.03. The maximum Gasteiger partial charge on any atom is 0.226 e. The summed E-state index contributed by atoms with van der Waals surface area (Å²) in [4.78, 5) is 12.6. The molecule has 0 unspecified atom stereocenters. The highest BCUT2D eigenvalue weighted by molar-refractivity contribution is 7.19. The lowest BCUT2D eigenvalue weighted by molar-refractivity contribution is -0.121. The average molecular weight is 302 g/mol. The SMILES string of the molecule is O=C(Cc1ccon1)NC[C@H](O)c1cc2ccccc2s1. The normalized spacial score (nSPS) is 12.4. The third-order valence-electron chi connectivity index (χ3n) is 3.10. The lowest BCUT2D eigenvalue weighted by Gasteiger charge is -2.09. The van der Waals surface area contributed by atoms with Gasteiger partial charge in [-0.1, -0.05) is 23.4 Å².